The standard InChI is InChI=1S/C14H25N3S/c1-4-15-8-13-6-5-7-17(9-13)10-14-16-11(2)12(3)18-14/h13,15H,4-10H2,1-3H3. The van der Waals surface area contributed by atoms with Gasteiger partial charge in [-0.1, -0.05) is 6.92 Å². The van der Waals surface area contributed by atoms with Gasteiger partial charge in [-0.25, -0.2) is 4.98 Å². The van der Waals surface area contributed by atoms with E-state index in [0.717, 1.165) is 19.0 Å². The van der Waals surface area contributed by atoms with Gasteiger partial charge < -0.3 is 5.32 Å². The SMILES string of the molecule is CCNCC1CCCN(Cc2nc(C)c(C)s2)C1. The summed E-state index contributed by atoms with van der Waals surface area (Å²) in [5.74, 6) is 0.820. The number of hydrogen-bond acceptors (Lipinski definition) is 4. The fraction of sp³-hybridized carbons (Fsp3) is 0.786. The smallest absolute Gasteiger partial charge is 0.107 e. The number of piperidine rings is 1. The van der Waals surface area contributed by atoms with E-state index in [-0.39, 0.29) is 0 Å². The van der Waals surface area contributed by atoms with Gasteiger partial charge in [0, 0.05) is 11.4 Å². The second-order valence-electron chi connectivity index (χ2n) is 5.30. The van der Waals surface area contributed by atoms with E-state index >= 15 is 0 Å². The van der Waals surface area contributed by atoms with Crippen LogP contribution in [-0.2, 0) is 6.54 Å². The zero-order valence-corrected chi connectivity index (χ0v) is 12.6. The lowest BCUT2D eigenvalue weighted by Crippen LogP contribution is -2.39. The second kappa shape index (κ2) is 6.64. The van der Waals surface area contributed by atoms with Crippen molar-refractivity contribution in [2.24, 2.45) is 5.92 Å². The van der Waals surface area contributed by atoms with Crippen LogP contribution in [0.4, 0.5) is 0 Å². The molecule has 3 nitrogen and oxygen atoms in total. The quantitative estimate of drug-likeness (QED) is 0.889. The minimum atomic E-state index is 0.820. The van der Waals surface area contributed by atoms with Crippen LogP contribution in [0.1, 0.15) is 35.3 Å². The van der Waals surface area contributed by atoms with Crippen molar-refractivity contribution in [2.45, 2.75) is 40.2 Å². The van der Waals surface area contributed by atoms with Crippen molar-refractivity contribution < 1.29 is 0 Å². The highest BCUT2D eigenvalue weighted by atomic mass is 32.1. The maximum absolute atomic E-state index is 4.65. The predicted octanol–water partition coefficient (Wildman–Crippen LogP) is 2.58. The number of aromatic nitrogens is 1. The number of nitrogens with zero attached hydrogens (tertiary/aromatic N) is 2. The Kier molecular flexibility index (Phi) is 5.15. The highest BCUT2D eigenvalue weighted by Crippen LogP contribution is 2.22. The molecule has 1 saturated heterocycles. The number of nitrogens with one attached hydrogen (secondary N) is 1. The number of likely N-dealkylation sites (tertiary alicyclic amines) is 1. The summed E-state index contributed by atoms with van der Waals surface area (Å²) in [5, 5.41) is 4.76. The molecule has 2 heterocycles. The normalized spacial score (nSPS) is 21.4. The molecule has 1 aromatic rings. The predicted molar refractivity (Wildman–Crippen MR) is 78.1 cm³/mol. The fourth-order valence-electron chi connectivity index (χ4n) is 2.61. The first-order chi connectivity index (χ1) is 8.69. The second-order valence-corrected chi connectivity index (χ2v) is 6.59. The van der Waals surface area contributed by atoms with Gasteiger partial charge in [-0.3, -0.25) is 4.90 Å². The zero-order valence-electron chi connectivity index (χ0n) is 11.8. The molecular formula is C14H25N3S. The Labute approximate surface area is 115 Å². The Bertz CT molecular complexity index is 356. The molecule has 0 aliphatic carbocycles. The third-order valence-corrected chi connectivity index (χ3v) is 4.78. The van der Waals surface area contributed by atoms with Gasteiger partial charge in [0.05, 0.1) is 12.2 Å². The molecule has 1 N–H and O–H groups in total. The summed E-state index contributed by atoms with van der Waals surface area (Å²) in [7, 11) is 0. The van der Waals surface area contributed by atoms with Crippen LogP contribution in [0.2, 0.25) is 0 Å². The molecule has 0 saturated carbocycles. The first-order valence-corrected chi connectivity index (χ1v) is 7.86. The highest BCUT2D eigenvalue weighted by molar-refractivity contribution is 7.11. The van der Waals surface area contributed by atoms with E-state index in [1.165, 1.54) is 48.1 Å². The van der Waals surface area contributed by atoms with Crippen molar-refractivity contribution in [2.75, 3.05) is 26.2 Å². The van der Waals surface area contributed by atoms with Crippen molar-refractivity contribution in [3.05, 3.63) is 15.6 Å². The summed E-state index contributed by atoms with van der Waals surface area (Å²) in [4.78, 5) is 8.59. The molecule has 2 rings (SSSR count). The molecule has 1 aliphatic heterocycles. The topological polar surface area (TPSA) is 28.2 Å². The highest BCUT2D eigenvalue weighted by Gasteiger charge is 2.20. The Morgan fingerprint density at radius 1 is 1.44 bits per heavy atom. The van der Waals surface area contributed by atoms with Gasteiger partial charge in [-0.05, 0) is 52.2 Å². The van der Waals surface area contributed by atoms with Crippen molar-refractivity contribution >= 4 is 11.3 Å². The van der Waals surface area contributed by atoms with E-state index in [2.05, 4.69) is 36.0 Å². The molecule has 0 aromatic carbocycles. The van der Waals surface area contributed by atoms with E-state index in [1.807, 2.05) is 11.3 Å². The van der Waals surface area contributed by atoms with E-state index < -0.39 is 0 Å². The largest absolute Gasteiger partial charge is 0.317 e. The van der Waals surface area contributed by atoms with Crippen molar-refractivity contribution in [1.82, 2.24) is 15.2 Å². The van der Waals surface area contributed by atoms with Gasteiger partial charge in [0.15, 0.2) is 0 Å². The summed E-state index contributed by atoms with van der Waals surface area (Å²) in [6.07, 6.45) is 2.71. The molecule has 0 amide bonds. The molecule has 1 unspecified atom stereocenters. The van der Waals surface area contributed by atoms with E-state index in [9.17, 15) is 0 Å². The van der Waals surface area contributed by atoms with Crippen LogP contribution in [0.3, 0.4) is 0 Å². The zero-order chi connectivity index (χ0) is 13.0. The Balaban J connectivity index is 1.85. The molecule has 4 heteroatoms. The number of aryl methyl sites for hydroxylation is 2. The summed E-state index contributed by atoms with van der Waals surface area (Å²) in [6.45, 7) is 12.2. The monoisotopic (exact) mass is 267 g/mol. The fourth-order valence-corrected chi connectivity index (χ4v) is 3.58. The average molecular weight is 267 g/mol. The molecule has 1 atom stereocenters. The summed E-state index contributed by atoms with van der Waals surface area (Å²) < 4.78 is 0. The summed E-state index contributed by atoms with van der Waals surface area (Å²) in [5.41, 5.74) is 1.20. The van der Waals surface area contributed by atoms with Gasteiger partial charge >= 0.3 is 0 Å². The van der Waals surface area contributed by atoms with Gasteiger partial charge in [-0.15, -0.1) is 11.3 Å². The van der Waals surface area contributed by atoms with Crippen molar-refractivity contribution in [3.8, 4) is 0 Å². The Hall–Kier alpha value is -0.450. The summed E-state index contributed by atoms with van der Waals surface area (Å²) in [6, 6.07) is 0. The van der Waals surface area contributed by atoms with E-state index in [4.69, 9.17) is 0 Å². The molecule has 1 aliphatic rings. The molecule has 1 fully saturated rings. The third kappa shape index (κ3) is 3.77. The molecule has 1 aromatic heterocycles. The van der Waals surface area contributed by atoms with Crippen molar-refractivity contribution in [3.63, 3.8) is 0 Å². The first-order valence-electron chi connectivity index (χ1n) is 7.05. The summed E-state index contributed by atoms with van der Waals surface area (Å²) >= 11 is 1.86. The third-order valence-electron chi connectivity index (χ3n) is 3.72. The van der Waals surface area contributed by atoms with Crippen LogP contribution in [0.15, 0.2) is 0 Å². The average Bonchev–Trinajstić information content (AvgIpc) is 2.66. The molecule has 18 heavy (non-hydrogen) atoms. The number of rotatable bonds is 5. The van der Waals surface area contributed by atoms with Crippen LogP contribution >= 0.6 is 11.3 Å². The van der Waals surface area contributed by atoms with Gasteiger partial charge in [0.1, 0.15) is 5.01 Å². The van der Waals surface area contributed by atoms with Gasteiger partial charge in [-0.2, -0.15) is 0 Å². The minimum absolute atomic E-state index is 0.820. The first kappa shape index (κ1) is 14.0. The van der Waals surface area contributed by atoms with Gasteiger partial charge in [0.25, 0.3) is 0 Å². The number of thiazole rings is 1. The lowest BCUT2D eigenvalue weighted by molar-refractivity contribution is 0.165. The van der Waals surface area contributed by atoms with E-state index in [0.29, 0.717) is 0 Å². The molecule has 0 bridgehead atoms. The van der Waals surface area contributed by atoms with E-state index in [1.54, 1.807) is 0 Å². The van der Waals surface area contributed by atoms with Crippen LogP contribution in [0.5, 0.6) is 0 Å². The molecule has 0 radical (unpaired) electrons. The maximum atomic E-state index is 4.65. The van der Waals surface area contributed by atoms with Crippen molar-refractivity contribution in [1.29, 1.82) is 0 Å². The lowest BCUT2D eigenvalue weighted by atomic mass is 9.98. The van der Waals surface area contributed by atoms with Crippen LogP contribution in [0.25, 0.3) is 0 Å². The Morgan fingerprint density at radius 3 is 2.94 bits per heavy atom. The molecule has 0 spiro atoms. The maximum Gasteiger partial charge on any atom is 0.107 e. The molecule has 102 valence electrons. The number of hydrogen-bond donors (Lipinski definition) is 1. The van der Waals surface area contributed by atoms with Crippen LogP contribution < -0.4 is 5.32 Å². The lowest BCUT2D eigenvalue weighted by Gasteiger charge is -2.32. The molecular weight excluding hydrogens is 242 g/mol. The minimum Gasteiger partial charge on any atom is -0.317 e. The Morgan fingerprint density at radius 2 is 2.28 bits per heavy atom. The van der Waals surface area contributed by atoms with Gasteiger partial charge in [0.2, 0.25) is 0 Å². The van der Waals surface area contributed by atoms with Crippen LogP contribution in [0, 0.1) is 19.8 Å². The van der Waals surface area contributed by atoms with Crippen LogP contribution in [-0.4, -0.2) is 36.1 Å².